The van der Waals surface area contributed by atoms with E-state index in [2.05, 4.69) is 40.6 Å². The van der Waals surface area contributed by atoms with Gasteiger partial charge in [-0.15, -0.1) is 0 Å². The van der Waals surface area contributed by atoms with Crippen LogP contribution in [-0.4, -0.2) is 47.6 Å². The van der Waals surface area contributed by atoms with Crippen molar-refractivity contribution in [2.24, 2.45) is 7.05 Å². The molecule has 0 radical (unpaired) electrons. The van der Waals surface area contributed by atoms with Crippen LogP contribution in [0.25, 0.3) is 10.9 Å². The number of hydrogen-bond donors (Lipinski definition) is 0. The van der Waals surface area contributed by atoms with Gasteiger partial charge in [-0.3, -0.25) is 4.90 Å². The molecule has 0 unspecified atom stereocenters. The maximum atomic E-state index is 6.30. The van der Waals surface area contributed by atoms with E-state index in [9.17, 15) is 0 Å². The molecular formula is C15H20ClN3. The van der Waals surface area contributed by atoms with Crippen LogP contribution in [0, 0.1) is 0 Å². The number of nitrogens with zero attached hydrogens (tertiary/aromatic N) is 3. The van der Waals surface area contributed by atoms with Crippen molar-refractivity contribution < 1.29 is 0 Å². The van der Waals surface area contributed by atoms with Crippen LogP contribution in [0.15, 0.2) is 24.3 Å². The molecule has 0 spiro atoms. The Morgan fingerprint density at radius 1 is 1.11 bits per heavy atom. The van der Waals surface area contributed by atoms with Crippen LogP contribution in [0.3, 0.4) is 0 Å². The van der Waals surface area contributed by atoms with E-state index in [1.165, 1.54) is 11.1 Å². The van der Waals surface area contributed by atoms with Crippen molar-refractivity contribution in [1.29, 1.82) is 0 Å². The molecule has 1 aromatic heterocycles. The second-order valence-corrected chi connectivity index (χ2v) is 5.86. The van der Waals surface area contributed by atoms with Crippen molar-refractivity contribution in [3.63, 3.8) is 0 Å². The Kier molecular flexibility index (Phi) is 3.52. The zero-order valence-electron chi connectivity index (χ0n) is 11.6. The zero-order valence-corrected chi connectivity index (χ0v) is 12.3. The molecule has 4 heteroatoms. The Morgan fingerprint density at radius 3 is 2.53 bits per heavy atom. The predicted octanol–water partition coefficient (Wildman–Crippen LogP) is 2.58. The quantitative estimate of drug-likeness (QED) is 0.836. The lowest BCUT2D eigenvalue weighted by Gasteiger charge is -2.32. The minimum Gasteiger partial charge on any atom is -0.345 e. The van der Waals surface area contributed by atoms with Crippen molar-refractivity contribution in [3.05, 3.63) is 35.0 Å². The maximum absolute atomic E-state index is 6.30. The molecule has 102 valence electrons. The van der Waals surface area contributed by atoms with E-state index < -0.39 is 0 Å². The van der Waals surface area contributed by atoms with Crippen LogP contribution in [0.1, 0.15) is 5.69 Å². The minimum absolute atomic E-state index is 0.838. The number of halogens is 1. The molecule has 0 N–H and O–H groups in total. The van der Waals surface area contributed by atoms with Crippen molar-refractivity contribution >= 4 is 22.5 Å². The van der Waals surface area contributed by atoms with Crippen LogP contribution in [0.2, 0.25) is 5.02 Å². The molecule has 3 nitrogen and oxygen atoms in total. The van der Waals surface area contributed by atoms with Gasteiger partial charge < -0.3 is 9.47 Å². The fourth-order valence-electron chi connectivity index (χ4n) is 2.81. The minimum atomic E-state index is 0.838. The highest BCUT2D eigenvalue weighted by molar-refractivity contribution is 6.35. The van der Waals surface area contributed by atoms with Gasteiger partial charge in [0, 0.05) is 50.9 Å². The first-order valence-electron chi connectivity index (χ1n) is 6.79. The summed E-state index contributed by atoms with van der Waals surface area (Å²) in [5.41, 5.74) is 2.49. The summed E-state index contributed by atoms with van der Waals surface area (Å²) in [6, 6.07) is 8.38. The van der Waals surface area contributed by atoms with E-state index in [-0.39, 0.29) is 0 Å². The second kappa shape index (κ2) is 5.16. The lowest BCUT2D eigenvalue weighted by Crippen LogP contribution is -2.44. The van der Waals surface area contributed by atoms with Crippen molar-refractivity contribution in [2.75, 3.05) is 33.2 Å². The number of benzene rings is 1. The third kappa shape index (κ3) is 2.50. The van der Waals surface area contributed by atoms with Crippen molar-refractivity contribution in [2.45, 2.75) is 6.54 Å². The maximum Gasteiger partial charge on any atom is 0.0669 e. The van der Waals surface area contributed by atoms with Gasteiger partial charge in [0.2, 0.25) is 0 Å². The van der Waals surface area contributed by atoms with E-state index in [0.717, 1.165) is 43.3 Å². The largest absolute Gasteiger partial charge is 0.345 e. The molecule has 2 heterocycles. The van der Waals surface area contributed by atoms with Gasteiger partial charge in [0.05, 0.1) is 10.5 Å². The highest BCUT2D eigenvalue weighted by atomic mass is 35.5. The van der Waals surface area contributed by atoms with Crippen LogP contribution < -0.4 is 0 Å². The monoisotopic (exact) mass is 277 g/mol. The highest BCUT2D eigenvalue weighted by Crippen LogP contribution is 2.26. The van der Waals surface area contributed by atoms with Gasteiger partial charge in [0.25, 0.3) is 0 Å². The standard InChI is InChI=1S/C15H20ClN3/c1-17-6-8-19(9-7-17)11-13-10-12-4-3-5-14(16)15(12)18(13)2/h3-5,10H,6-9,11H2,1-2H3. The number of para-hydroxylation sites is 1. The summed E-state index contributed by atoms with van der Waals surface area (Å²) in [7, 11) is 4.30. The molecule has 3 rings (SSSR count). The van der Waals surface area contributed by atoms with Gasteiger partial charge in [0.1, 0.15) is 0 Å². The Balaban J connectivity index is 1.85. The Hall–Kier alpha value is -1.03. The summed E-state index contributed by atoms with van der Waals surface area (Å²) in [4.78, 5) is 4.90. The van der Waals surface area contributed by atoms with Gasteiger partial charge in [-0.05, 0) is 19.2 Å². The van der Waals surface area contributed by atoms with E-state index in [4.69, 9.17) is 11.6 Å². The Morgan fingerprint density at radius 2 is 1.84 bits per heavy atom. The summed E-state index contributed by atoms with van der Waals surface area (Å²) >= 11 is 6.30. The van der Waals surface area contributed by atoms with Crippen LogP contribution >= 0.6 is 11.6 Å². The number of rotatable bonds is 2. The number of aryl methyl sites for hydroxylation is 1. The average molecular weight is 278 g/mol. The molecule has 0 atom stereocenters. The van der Waals surface area contributed by atoms with E-state index in [0.29, 0.717) is 0 Å². The van der Waals surface area contributed by atoms with Gasteiger partial charge in [0.15, 0.2) is 0 Å². The molecular weight excluding hydrogens is 258 g/mol. The summed E-state index contributed by atoms with van der Waals surface area (Å²) in [5, 5.41) is 2.07. The summed E-state index contributed by atoms with van der Waals surface area (Å²) in [6.07, 6.45) is 0. The third-order valence-corrected chi connectivity index (χ3v) is 4.39. The Labute approximate surface area is 119 Å². The normalized spacial score (nSPS) is 18.3. The first kappa shape index (κ1) is 13.0. The second-order valence-electron chi connectivity index (χ2n) is 5.45. The van der Waals surface area contributed by atoms with Crippen molar-refractivity contribution in [3.8, 4) is 0 Å². The predicted molar refractivity (Wildman–Crippen MR) is 80.7 cm³/mol. The highest BCUT2D eigenvalue weighted by Gasteiger charge is 2.16. The smallest absolute Gasteiger partial charge is 0.0669 e. The lowest BCUT2D eigenvalue weighted by molar-refractivity contribution is 0.146. The number of hydrogen-bond acceptors (Lipinski definition) is 2. The molecule has 0 aliphatic carbocycles. The fourth-order valence-corrected chi connectivity index (χ4v) is 3.12. The van der Waals surface area contributed by atoms with Crippen LogP contribution in [0.5, 0.6) is 0 Å². The molecule has 0 bridgehead atoms. The van der Waals surface area contributed by atoms with Crippen LogP contribution in [-0.2, 0) is 13.6 Å². The number of piperazine rings is 1. The molecule has 1 aromatic carbocycles. The lowest BCUT2D eigenvalue weighted by atomic mass is 10.2. The first-order chi connectivity index (χ1) is 9.15. The fraction of sp³-hybridized carbons (Fsp3) is 0.467. The molecule has 19 heavy (non-hydrogen) atoms. The van der Waals surface area contributed by atoms with Crippen LogP contribution in [0.4, 0.5) is 0 Å². The number of fused-ring (bicyclic) bond motifs is 1. The SMILES string of the molecule is CN1CCN(Cc2cc3cccc(Cl)c3n2C)CC1. The zero-order chi connectivity index (χ0) is 13.4. The van der Waals surface area contributed by atoms with E-state index in [1.807, 2.05) is 12.1 Å². The summed E-state index contributed by atoms with van der Waals surface area (Å²) in [5.74, 6) is 0. The van der Waals surface area contributed by atoms with Crippen molar-refractivity contribution in [1.82, 2.24) is 14.4 Å². The van der Waals surface area contributed by atoms with E-state index in [1.54, 1.807) is 0 Å². The first-order valence-corrected chi connectivity index (χ1v) is 7.16. The molecule has 2 aromatic rings. The van der Waals surface area contributed by atoms with Gasteiger partial charge in [-0.1, -0.05) is 23.7 Å². The summed E-state index contributed by atoms with van der Waals surface area (Å²) < 4.78 is 2.23. The molecule has 0 saturated carbocycles. The van der Waals surface area contributed by atoms with E-state index >= 15 is 0 Å². The molecule has 1 aliphatic rings. The Bertz CT molecular complexity index is 582. The van der Waals surface area contributed by atoms with Gasteiger partial charge in [-0.25, -0.2) is 0 Å². The molecule has 1 fully saturated rings. The summed E-state index contributed by atoms with van der Waals surface area (Å²) in [6.45, 7) is 5.61. The number of aromatic nitrogens is 1. The van der Waals surface area contributed by atoms with Gasteiger partial charge in [-0.2, -0.15) is 0 Å². The van der Waals surface area contributed by atoms with Gasteiger partial charge >= 0.3 is 0 Å². The number of likely N-dealkylation sites (N-methyl/N-ethyl adjacent to an activating group) is 1. The third-order valence-electron chi connectivity index (χ3n) is 4.09. The molecule has 1 saturated heterocycles. The molecule has 1 aliphatic heterocycles. The average Bonchev–Trinajstić information content (AvgIpc) is 2.71. The molecule has 0 amide bonds. The topological polar surface area (TPSA) is 11.4 Å².